The van der Waals surface area contributed by atoms with Crippen molar-refractivity contribution in [3.63, 3.8) is 0 Å². The number of rotatable bonds is 4. The predicted octanol–water partition coefficient (Wildman–Crippen LogP) is 0.525. The molecule has 0 spiro atoms. The molecule has 2 atom stereocenters. The van der Waals surface area contributed by atoms with E-state index in [0.29, 0.717) is 0 Å². The van der Waals surface area contributed by atoms with E-state index in [4.69, 9.17) is 0 Å². The van der Waals surface area contributed by atoms with E-state index in [1.807, 2.05) is 0 Å². The van der Waals surface area contributed by atoms with Crippen LogP contribution in [-0.4, -0.2) is 35.9 Å². The van der Waals surface area contributed by atoms with Crippen molar-refractivity contribution in [2.45, 2.75) is 18.9 Å². The Kier molecular flexibility index (Phi) is 4.94. The van der Waals surface area contributed by atoms with Crippen molar-refractivity contribution in [3.8, 4) is 5.75 Å². The molecule has 0 radical (unpaired) electrons. The zero-order valence-corrected chi connectivity index (χ0v) is 11.7. The fourth-order valence-corrected chi connectivity index (χ4v) is 2.04. The highest BCUT2D eigenvalue weighted by Gasteiger charge is 2.36. The summed E-state index contributed by atoms with van der Waals surface area (Å²) in [5.74, 6) is -2.98. The fraction of sp³-hybridized carbons (Fsp3) is 0.385. The van der Waals surface area contributed by atoms with Crippen molar-refractivity contribution in [3.05, 3.63) is 24.3 Å². The van der Waals surface area contributed by atoms with Crippen LogP contribution in [0, 0.1) is 5.92 Å². The third kappa shape index (κ3) is 4.74. The number of ether oxygens (including phenoxy) is 1. The van der Waals surface area contributed by atoms with E-state index in [-0.39, 0.29) is 18.7 Å². The number of carbonyl (C=O) groups is 2. The molecular weight excluding hydrogens is 319 g/mol. The minimum Gasteiger partial charge on any atom is -0.406 e. The number of nitrogens with one attached hydrogen (secondary N) is 3. The molecule has 1 fully saturated rings. The van der Waals surface area contributed by atoms with Gasteiger partial charge in [-0.3, -0.25) is 20.4 Å². The summed E-state index contributed by atoms with van der Waals surface area (Å²) >= 11 is 0. The fourth-order valence-electron chi connectivity index (χ4n) is 2.04. The molecule has 23 heavy (non-hydrogen) atoms. The Morgan fingerprint density at radius 2 is 1.96 bits per heavy atom. The first-order valence-electron chi connectivity index (χ1n) is 6.64. The number of benzene rings is 1. The molecule has 0 saturated carbocycles. The number of anilines is 1. The summed E-state index contributed by atoms with van der Waals surface area (Å²) in [6.45, 7) is 0.290. The Morgan fingerprint density at radius 3 is 2.52 bits per heavy atom. The number of hydrogen-bond donors (Lipinski definition) is 4. The van der Waals surface area contributed by atoms with Gasteiger partial charge in [0.05, 0.1) is 11.8 Å². The van der Waals surface area contributed by atoms with Crippen LogP contribution >= 0.6 is 0 Å². The number of hydrazine groups is 1. The first-order chi connectivity index (χ1) is 10.8. The molecular formula is C13H14F3N3O4. The molecule has 1 aliphatic rings. The molecule has 2 unspecified atom stereocenters. The first kappa shape index (κ1) is 16.9. The van der Waals surface area contributed by atoms with E-state index in [0.717, 1.165) is 12.1 Å². The largest absolute Gasteiger partial charge is 0.573 e. The quantitative estimate of drug-likeness (QED) is 0.476. The molecule has 1 aromatic carbocycles. The summed E-state index contributed by atoms with van der Waals surface area (Å²) < 4.78 is 39.8. The van der Waals surface area contributed by atoms with Gasteiger partial charge in [0.15, 0.2) is 0 Å². The van der Waals surface area contributed by atoms with Gasteiger partial charge in [-0.15, -0.1) is 13.2 Å². The van der Waals surface area contributed by atoms with Gasteiger partial charge >= 0.3 is 6.36 Å². The third-order valence-electron chi connectivity index (χ3n) is 3.11. The lowest BCUT2D eigenvalue weighted by molar-refractivity contribution is -0.274. The summed E-state index contributed by atoms with van der Waals surface area (Å²) in [5, 5.41) is 12.1. The van der Waals surface area contributed by atoms with Gasteiger partial charge in [-0.05, 0) is 30.7 Å². The summed E-state index contributed by atoms with van der Waals surface area (Å²) in [4.78, 5) is 23.4. The number of aliphatic hydroxyl groups excluding tert-OH is 1. The Labute approximate surface area is 128 Å². The Bertz CT molecular complexity index is 577. The molecule has 2 rings (SSSR count). The molecule has 10 heteroatoms. The second-order valence-electron chi connectivity index (χ2n) is 4.81. The van der Waals surface area contributed by atoms with Crippen LogP contribution in [0.25, 0.3) is 0 Å². The molecule has 126 valence electrons. The van der Waals surface area contributed by atoms with Crippen molar-refractivity contribution >= 4 is 17.5 Å². The Hall–Kier alpha value is -2.49. The minimum absolute atomic E-state index is 0.257. The van der Waals surface area contributed by atoms with Crippen LogP contribution in [0.3, 0.4) is 0 Å². The zero-order valence-electron chi connectivity index (χ0n) is 11.7. The Morgan fingerprint density at radius 1 is 1.30 bits per heavy atom. The number of halogens is 3. The van der Waals surface area contributed by atoms with Crippen molar-refractivity contribution < 1.29 is 32.6 Å². The van der Waals surface area contributed by atoms with Crippen LogP contribution in [-0.2, 0) is 9.59 Å². The van der Waals surface area contributed by atoms with Crippen molar-refractivity contribution in [1.29, 1.82) is 0 Å². The molecule has 2 amide bonds. The maximum atomic E-state index is 12.0. The lowest BCUT2D eigenvalue weighted by Crippen LogP contribution is -2.52. The van der Waals surface area contributed by atoms with Gasteiger partial charge in [-0.25, -0.2) is 0 Å². The van der Waals surface area contributed by atoms with Crippen molar-refractivity contribution in [1.82, 2.24) is 10.7 Å². The lowest BCUT2D eigenvalue weighted by atomic mass is 9.95. The van der Waals surface area contributed by atoms with Crippen LogP contribution in [0.5, 0.6) is 5.75 Å². The minimum atomic E-state index is -4.78. The highest BCUT2D eigenvalue weighted by Crippen LogP contribution is 2.23. The van der Waals surface area contributed by atoms with Gasteiger partial charge in [0.25, 0.3) is 5.91 Å². The lowest BCUT2D eigenvalue weighted by Gasteiger charge is -2.26. The van der Waals surface area contributed by atoms with Crippen molar-refractivity contribution in [2.24, 2.45) is 5.92 Å². The second-order valence-corrected chi connectivity index (χ2v) is 4.81. The van der Waals surface area contributed by atoms with Crippen molar-refractivity contribution in [2.75, 3.05) is 12.0 Å². The topological polar surface area (TPSA) is 99.7 Å². The standard InChI is InChI=1S/C13H14F3N3O4/c14-13(15,16)23-8-3-1-7(2-4-8)18-19-12(22)10-9(20)5-6-17-11(10)21/h1-4,9-10,18,20H,5-6H2,(H,17,21)(H,19,22). The molecule has 7 nitrogen and oxygen atoms in total. The van der Waals surface area contributed by atoms with Crippen LogP contribution in [0.4, 0.5) is 18.9 Å². The van der Waals surface area contributed by atoms with Crippen LogP contribution in [0.1, 0.15) is 6.42 Å². The molecule has 1 aromatic rings. The SMILES string of the molecule is O=C1NCCC(O)C1C(=O)NNc1ccc(OC(F)(F)F)cc1. The van der Waals surface area contributed by atoms with E-state index in [9.17, 15) is 27.9 Å². The molecule has 0 bridgehead atoms. The highest BCUT2D eigenvalue weighted by molar-refractivity contribution is 6.01. The van der Waals surface area contributed by atoms with Crippen LogP contribution in [0.15, 0.2) is 24.3 Å². The van der Waals surface area contributed by atoms with Crippen LogP contribution in [0.2, 0.25) is 0 Å². The highest BCUT2D eigenvalue weighted by atomic mass is 19.4. The van der Waals surface area contributed by atoms with Gasteiger partial charge in [-0.2, -0.15) is 0 Å². The van der Waals surface area contributed by atoms with Gasteiger partial charge in [0, 0.05) is 6.54 Å². The number of piperidine rings is 1. The Balaban J connectivity index is 1.90. The molecule has 4 N–H and O–H groups in total. The van der Waals surface area contributed by atoms with E-state index in [2.05, 4.69) is 20.9 Å². The summed E-state index contributed by atoms with van der Waals surface area (Å²) in [5.41, 5.74) is 4.95. The third-order valence-corrected chi connectivity index (χ3v) is 3.11. The van der Waals surface area contributed by atoms with E-state index in [1.54, 1.807) is 0 Å². The smallest absolute Gasteiger partial charge is 0.406 e. The predicted molar refractivity (Wildman–Crippen MR) is 72.0 cm³/mol. The monoisotopic (exact) mass is 333 g/mol. The molecule has 1 saturated heterocycles. The first-order valence-corrected chi connectivity index (χ1v) is 6.64. The van der Waals surface area contributed by atoms with Crippen LogP contribution < -0.4 is 20.9 Å². The van der Waals surface area contributed by atoms with Gasteiger partial charge in [0.1, 0.15) is 11.7 Å². The molecule has 0 aromatic heterocycles. The van der Waals surface area contributed by atoms with E-state index >= 15 is 0 Å². The van der Waals surface area contributed by atoms with E-state index < -0.39 is 35.9 Å². The summed E-state index contributed by atoms with van der Waals surface area (Å²) in [6.07, 6.45) is -5.62. The molecule has 0 aliphatic carbocycles. The average molecular weight is 333 g/mol. The van der Waals surface area contributed by atoms with Gasteiger partial charge < -0.3 is 15.2 Å². The maximum Gasteiger partial charge on any atom is 0.573 e. The number of aliphatic hydroxyl groups is 1. The summed E-state index contributed by atoms with van der Waals surface area (Å²) in [7, 11) is 0. The van der Waals surface area contributed by atoms with Gasteiger partial charge in [-0.1, -0.05) is 0 Å². The number of amides is 2. The van der Waals surface area contributed by atoms with Gasteiger partial charge in [0.2, 0.25) is 5.91 Å². The molecule has 1 heterocycles. The second kappa shape index (κ2) is 6.73. The average Bonchev–Trinajstić information content (AvgIpc) is 2.45. The normalized spacial score (nSPS) is 21.3. The van der Waals surface area contributed by atoms with E-state index in [1.165, 1.54) is 12.1 Å². The number of carbonyl (C=O) groups excluding carboxylic acids is 2. The summed E-state index contributed by atoms with van der Waals surface area (Å²) in [6, 6.07) is 4.62. The maximum absolute atomic E-state index is 12.0. The number of hydrogen-bond acceptors (Lipinski definition) is 5. The molecule has 1 aliphatic heterocycles. The zero-order chi connectivity index (χ0) is 17.0. The number of alkyl halides is 3.